The zero-order chi connectivity index (χ0) is 21.4. The van der Waals surface area contributed by atoms with Gasteiger partial charge in [0.1, 0.15) is 10.8 Å². The molecule has 2 aromatic heterocycles. The highest BCUT2D eigenvalue weighted by Crippen LogP contribution is 2.40. The van der Waals surface area contributed by atoms with Crippen LogP contribution in [-0.2, 0) is 19.5 Å². The van der Waals surface area contributed by atoms with Crippen molar-refractivity contribution in [3.63, 3.8) is 0 Å². The van der Waals surface area contributed by atoms with Crippen LogP contribution in [-0.4, -0.2) is 29.4 Å². The second-order valence-electron chi connectivity index (χ2n) is 7.50. The largest absolute Gasteiger partial charge is 0.497 e. The second kappa shape index (κ2) is 8.30. The first kappa shape index (κ1) is 20.0. The number of thiophene rings is 1. The van der Waals surface area contributed by atoms with E-state index in [1.807, 2.05) is 24.3 Å². The smallest absolute Gasteiger partial charge is 0.251 e. The Morgan fingerprint density at radius 1 is 1.23 bits per heavy atom. The van der Waals surface area contributed by atoms with Crippen LogP contribution in [0.25, 0.3) is 10.2 Å². The number of ether oxygens (including phenoxy) is 1. The number of nitrogens with one attached hydrogen (secondary N) is 1. The molecule has 0 radical (unpaired) electrons. The Balaban J connectivity index is 1.42. The van der Waals surface area contributed by atoms with Crippen LogP contribution in [0.3, 0.4) is 0 Å². The molecule has 158 valence electrons. The highest BCUT2D eigenvalue weighted by Gasteiger charge is 2.27. The van der Waals surface area contributed by atoms with E-state index < -0.39 is 0 Å². The van der Waals surface area contributed by atoms with Crippen molar-refractivity contribution < 1.29 is 9.53 Å². The molecule has 1 amide bonds. The third kappa shape index (κ3) is 4.01. The van der Waals surface area contributed by atoms with Crippen LogP contribution in [0.4, 0.5) is 10.1 Å². The number of amides is 1. The summed E-state index contributed by atoms with van der Waals surface area (Å²) in [5.74, 6) is 0.407. The van der Waals surface area contributed by atoms with Gasteiger partial charge in [0.25, 0.3) is 5.91 Å². The number of hydrogen-bond acceptors (Lipinski definition) is 7. The molecule has 8 heteroatoms. The second-order valence-corrected chi connectivity index (χ2v) is 9.63. The number of nitrogens with zero attached hydrogens (tertiary/aromatic N) is 2. The molecule has 0 unspecified atom stereocenters. The lowest BCUT2D eigenvalue weighted by atomic mass is 10.0. The summed E-state index contributed by atoms with van der Waals surface area (Å²) in [5, 5.41) is 4.89. The van der Waals surface area contributed by atoms with E-state index in [0.717, 1.165) is 57.7 Å². The van der Waals surface area contributed by atoms with Crippen molar-refractivity contribution in [2.24, 2.45) is 5.73 Å². The van der Waals surface area contributed by atoms with E-state index in [1.54, 1.807) is 18.4 Å². The van der Waals surface area contributed by atoms with Gasteiger partial charge in [0.15, 0.2) is 5.13 Å². The van der Waals surface area contributed by atoms with Gasteiger partial charge < -0.3 is 15.8 Å². The zero-order valence-corrected chi connectivity index (χ0v) is 18.7. The quantitative estimate of drug-likeness (QED) is 0.442. The van der Waals surface area contributed by atoms with Gasteiger partial charge in [0.05, 0.1) is 22.9 Å². The SMILES string of the molecule is COc1ccc2nc(Nc3sc4c(c3C(N)=O)CCN(Cc3ccccc3)C4)sc2c1. The number of rotatable bonds is 6. The van der Waals surface area contributed by atoms with Gasteiger partial charge in [0.2, 0.25) is 0 Å². The molecule has 5 rings (SSSR count). The predicted octanol–water partition coefficient (Wildman–Crippen LogP) is 4.77. The van der Waals surface area contributed by atoms with Crippen molar-refractivity contribution in [3.05, 3.63) is 70.1 Å². The fourth-order valence-electron chi connectivity index (χ4n) is 3.96. The maximum absolute atomic E-state index is 12.3. The fraction of sp³-hybridized carbons (Fsp3) is 0.217. The van der Waals surface area contributed by atoms with Crippen LogP contribution in [0.15, 0.2) is 48.5 Å². The summed E-state index contributed by atoms with van der Waals surface area (Å²) in [5.41, 5.74) is 9.66. The van der Waals surface area contributed by atoms with Gasteiger partial charge in [-0.3, -0.25) is 9.69 Å². The topological polar surface area (TPSA) is 80.5 Å². The Morgan fingerprint density at radius 3 is 2.84 bits per heavy atom. The van der Waals surface area contributed by atoms with Gasteiger partial charge in [0, 0.05) is 24.5 Å². The Kier molecular flexibility index (Phi) is 5.35. The normalized spacial score (nSPS) is 13.8. The molecule has 0 aliphatic carbocycles. The third-order valence-corrected chi connectivity index (χ3v) is 7.51. The number of aromatic nitrogens is 1. The molecular formula is C23H22N4O2S2. The van der Waals surface area contributed by atoms with Crippen LogP contribution < -0.4 is 15.8 Å². The van der Waals surface area contributed by atoms with Gasteiger partial charge in [-0.25, -0.2) is 4.98 Å². The molecule has 1 aliphatic heterocycles. The van der Waals surface area contributed by atoms with Crippen molar-refractivity contribution in [3.8, 4) is 5.75 Å². The lowest BCUT2D eigenvalue weighted by Gasteiger charge is -2.27. The molecule has 6 nitrogen and oxygen atoms in total. The minimum Gasteiger partial charge on any atom is -0.497 e. The molecule has 1 aliphatic rings. The summed E-state index contributed by atoms with van der Waals surface area (Å²) in [6, 6.07) is 16.3. The summed E-state index contributed by atoms with van der Waals surface area (Å²) >= 11 is 3.14. The summed E-state index contributed by atoms with van der Waals surface area (Å²) in [7, 11) is 1.65. The highest BCUT2D eigenvalue weighted by atomic mass is 32.1. The van der Waals surface area contributed by atoms with E-state index in [-0.39, 0.29) is 5.91 Å². The Morgan fingerprint density at radius 2 is 2.06 bits per heavy atom. The maximum Gasteiger partial charge on any atom is 0.251 e. The summed E-state index contributed by atoms with van der Waals surface area (Å²) in [4.78, 5) is 20.6. The number of anilines is 2. The number of primary amides is 1. The fourth-order valence-corrected chi connectivity index (χ4v) is 6.22. The van der Waals surface area contributed by atoms with Crippen LogP contribution in [0.1, 0.15) is 26.4 Å². The minimum absolute atomic E-state index is 0.390. The molecule has 0 spiro atoms. The highest BCUT2D eigenvalue weighted by molar-refractivity contribution is 7.23. The van der Waals surface area contributed by atoms with Crippen LogP contribution in [0, 0.1) is 0 Å². The summed E-state index contributed by atoms with van der Waals surface area (Å²) < 4.78 is 6.33. The molecule has 0 saturated carbocycles. The van der Waals surface area contributed by atoms with E-state index in [0.29, 0.717) is 5.56 Å². The standard InChI is InChI=1S/C23H22N4O2S2/c1-29-15-7-8-17-18(11-15)31-23(25-17)26-22-20(21(24)28)16-9-10-27(13-19(16)30-22)12-14-5-3-2-4-6-14/h2-8,11H,9-10,12-13H2,1H3,(H2,24,28)(H,25,26). The molecule has 0 saturated heterocycles. The van der Waals surface area contributed by atoms with E-state index in [2.05, 4.69) is 39.5 Å². The number of hydrogen-bond donors (Lipinski definition) is 2. The summed E-state index contributed by atoms with van der Waals surface area (Å²) in [6.45, 7) is 2.61. The van der Waals surface area contributed by atoms with E-state index in [4.69, 9.17) is 10.5 Å². The lowest BCUT2D eigenvalue weighted by molar-refractivity contribution is 0.0999. The lowest BCUT2D eigenvalue weighted by Crippen LogP contribution is -2.30. The van der Waals surface area contributed by atoms with Crippen molar-refractivity contribution in [1.29, 1.82) is 0 Å². The van der Waals surface area contributed by atoms with Gasteiger partial charge in [-0.05, 0) is 35.7 Å². The Hall–Kier alpha value is -2.94. The van der Waals surface area contributed by atoms with Crippen molar-refractivity contribution >= 4 is 48.9 Å². The molecule has 2 aromatic carbocycles. The number of carbonyl (C=O) groups excluding carboxylic acids is 1. The molecule has 0 fully saturated rings. The first-order chi connectivity index (χ1) is 15.1. The molecule has 31 heavy (non-hydrogen) atoms. The molecule has 0 atom stereocenters. The average Bonchev–Trinajstić information content (AvgIpc) is 3.33. The average molecular weight is 451 g/mol. The van der Waals surface area contributed by atoms with Gasteiger partial charge >= 0.3 is 0 Å². The number of fused-ring (bicyclic) bond motifs is 2. The molecule has 3 N–H and O–H groups in total. The maximum atomic E-state index is 12.3. The molecule has 0 bridgehead atoms. The molecule has 3 heterocycles. The number of carbonyl (C=O) groups is 1. The monoisotopic (exact) mass is 450 g/mol. The number of nitrogens with two attached hydrogens (primary N) is 1. The minimum atomic E-state index is -0.390. The van der Waals surface area contributed by atoms with Crippen LogP contribution in [0.5, 0.6) is 5.75 Å². The van der Waals surface area contributed by atoms with Gasteiger partial charge in [-0.2, -0.15) is 0 Å². The molecule has 4 aromatic rings. The first-order valence-corrected chi connectivity index (χ1v) is 11.7. The van der Waals surface area contributed by atoms with Crippen molar-refractivity contribution in [2.75, 3.05) is 19.0 Å². The van der Waals surface area contributed by atoms with Crippen LogP contribution >= 0.6 is 22.7 Å². The predicted molar refractivity (Wildman–Crippen MR) is 127 cm³/mol. The van der Waals surface area contributed by atoms with E-state index in [9.17, 15) is 4.79 Å². The van der Waals surface area contributed by atoms with Gasteiger partial charge in [-0.1, -0.05) is 41.7 Å². The number of thiazole rings is 1. The Bertz CT molecular complexity index is 1250. The third-order valence-electron chi connectivity index (χ3n) is 5.45. The van der Waals surface area contributed by atoms with Crippen molar-refractivity contribution in [1.82, 2.24) is 9.88 Å². The Labute approximate surface area is 188 Å². The van der Waals surface area contributed by atoms with Crippen LogP contribution in [0.2, 0.25) is 0 Å². The van der Waals surface area contributed by atoms with E-state index >= 15 is 0 Å². The van der Waals surface area contributed by atoms with Gasteiger partial charge in [-0.15, -0.1) is 11.3 Å². The summed E-state index contributed by atoms with van der Waals surface area (Å²) in [6.07, 6.45) is 0.815. The van der Waals surface area contributed by atoms with E-state index in [1.165, 1.54) is 21.8 Å². The first-order valence-electron chi connectivity index (χ1n) is 10.0. The molecular weight excluding hydrogens is 428 g/mol. The zero-order valence-electron chi connectivity index (χ0n) is 17.1. The number of methoxy groups -OCH3 is 1. The number of benzene rings is 2. The van der Waals surface area contributed by atoms with Crippen molar-refractivity contribution in [2.45, 2.75) is 19.5 Å².